The molecule has 2 nitrogen and oxygen atoms in total. The van der Waals surface area contributed by atoms with Crippen molar-refractivity contribution in [3.05, 3.63) is 88.2 Å². The largest absolute Gasteiger partial charge is 0.456 e. The van der Waals surface area contributed by atoms with Gasteiger partial charge in [-0.1, -0.05) is 41.9 Å². The maximum absolute atomic E-state index is 14.4. The van der Waals surface area contributed by atoms with Gasteiger partial charge in [-0.2, -0.15) is 0 Å². The van der Waals surface area contributed by atoms with Gasteiger partial charge in [0.05, 0.1) is 5.54 Å². The van der Waals surface area contributed by atoms with E-state index in [1.54, 1.807) is 24.3 Å². The van der Waals surface area contributed by atoms with Gasteiger partial charge in [-0.3, -0.25) is 0 Å². The third-order valence-electron chi connectivity index (χ3n) is 5.52. The molecule has 0 saturated heterocycles. The van der Waals surface area contributed by atoms with Gasteiger partial charge in [0.15, 0.2) is 0 Å². The normalized spacial score (nSPS) is 17.2. The maximum atomic E-state index is 14.4. The number of fused-ring (bicyclic) bond motifs is 5. The van der Waals surface area contributed by atoms with E-state index >= 15 is 0 Å². The molecule has 1 N–H and O–H groups in total. The summed E-state index contributed by atoms with van der Waals surface area (Å²) >= 11 is 6.30. The highest BCUT2D eigenvalue weighted by Crippen LogP contribution is 2.49. The van der Waals surface area contributed by atoms with Crippen LogP contribution >= 0.6 is 11.6 Å². The first-order chi connectivity index (χ1) is 14.3. The quantitative estimate of drug-likeness (QED) is 0.439. The van der Waals surface area contributed by atoms with Crippen molar-refractivity contribution < 1.29 is 9.13 Å². The third kappa shape index (κ3) is 3.10. The summed E-state index contributed by atoms with van der Waals surface area (Å²) in [6.45, 7) is 6.39. The molecule has 0 saturated carbocycles. The summed E-state index contributed by atoms with van der Waals surface area (Å²) in [5.41, 5.74) is 6.49. The smallest absolute Gasteiger partial charge is 0.136 e. The Bertz CT molecular complexity index is 1260. The van der Waals surface area contributed by atoms with Gasteiger partial charge in [-0.05, 0) is 68.3 Å². The maximum Gasteiger partial charge on any atom is 0.136 e. The zero-order valence-corrected chi connectivity index (χ0v) is 17.8. The third-order valence-corrected chi connectivity index (χ3v) is 5.76. The van der Waals surface area contributed by atoms with E-state index in [4.69, 9.17) is 16.3 Å². The lowest BCUT2D eigenvalue weighted by molar-refractivity contribution is 0.514. The fourth-order valence-electron chi connectivity index (χ4n) is 4.40. The summed E-state index contributed by atoms with van der Waals surface area (Å²) in [4.78, 5) is 0. The summed E-state index contributed by atoms with van der Waals surface area (Å²) in [5, 5.41) is 4.24. The van der Waals surface area contributed by atoms with E-state index in [2.05, 4.69) is 44.3 Å². The molecule has 30 heavy (non-hydrogen) atoms. The van der Waals surface area contributed by atoms with E-state index in [1.807, 2.05) is 18.2 Å². The van der Waals surface area contributed by atoms with Crippen molar-refractivity contribution in [2.45, 2.75) is 26.3 Å². The fraction of sp³-hybridized carbons (Fsp3) is 0.154. The molecule has 0 amide bonds. The van der Waals surface area contributed by atoms with E-state index < -0.39 is 0 Å². The SMILES string of the molecule is CC1=CC(C)(C)Nc2ccc3c(c21)C(=Cc1ccccc1F)Oc1ccc(Cl)cc1-3. The van der Waals surface area contributed by atoms with E-state index in [-0.39, 0.29) is 11.4 Å². The fourth-order valence-corrected chi connectivity index (χ4v) is 4.57. The number of anilines is 1. The Balaban J connectivity index is 1.82. The zero-order chi connectivity index (χ0) is 21.0. The van der Waals surface area contributed by atoms with Gasteiger partial charge in [0, 0.05) is 33.0 Å². The minimum atomic E-state index is -0.284. The molecule has 0 aromatic heterocycles. The summed E-state index contributed by atoms with van der Waals surface area (Å²) < 4.78 is 20.8. The predicted octanol–water partition coefficient (Wildman–Crippen LogP) is 7.64. The Kier molecular flexibility index (Phi) is 4.26. The van der Waals surface area contributed by atoms with Gasteiger partial charge in [-0.15, -0.1) is 0 Å². The molecule has 0 unspecified atom stereocenters. The van der Waals surface area contributed by atoms with Crippen LogP contribution in [0, 0.1) is 5.82 Å². The topological polar surface area (TPSA) is 21.3 Å². The Morgan fingerprint density at radius 1 is 1.00 bits per heavy atom. The lowest BCUT2D eigenvalue weighted by Crippen LogP contribution is -2.32. The standard InChI is InChI=1S/C26H21ClFNO/c1-15-14-26(2,3)29-21-10-9-18-19-13-17(27)8-11-22(19)30-23(25(18)24(15)21)12-16-6-4-5-7-20(16)28/h4-14,29H,1-3H3. The van der Waals surface area contributed by atoms with Gasteiger partial charge in [0.2, 0.25) is 0 Å². The number of benzene rings is 3. The average molecular weight is 418 g/mol. The minimum absolute atomic E-state index is 0.155. The van der Waals surface area contributed by atoms with Crippen molar-refractivity contribution in [2.24, 2.45) is 0 Å². The van der Waals surface area contributed by atoms with Gasteiger partial charge < -0.3 is 10.1 Å². The molecular formula is C26H21ClFNO. The van der Waals surface area contributed by atoms with Crippen molar-refractivity contribution in [3.8, 4) is 16.9 Å². The van der Waals surface area contributed by atoms with Crippen LogP contribution in [0.3, 0.4) is 0 Å². The molecule has 0 atom stereocenters. The van der Waals surface area contributed by atoms with E-state index in [0.717, 1.165) is 33.5 Å². The molecule has 0 spiro atoms. The Morgan fingerprint density at radius 3 is 2.60 bits per heavy atom. The Morgan fingerprint density at radius 2 is 1.80 bits per heavy atom. The number of ether oxygens (including phenoxy) is 1. The highest BCUT2D eigenvalue weighted by molar-refractivity contribution is 6.31. The first-order valence-corrected chi connectivity index (χ1v) is 10.3. The highest BCUT2D eigenvalue weighted by Gasteiger charge is 2.31. The van der Waals surface area contributed by atoms with Crippen LogP contribution in [-0.4, -0.2) is 5.54 Å². The highest BCUT2D eigenvalue weighted by atomic mass is 35.5. The second-order valence-corrected chi connectivity index (χ2v) is 8.79. The van der Waals surface area contributed by atoms with E-state index in [9.17, 15) is 4.39 Å². The number of allylic oxidation sites excluding steroid dienone is 1. The molecule has 0 bridgehead atoms. The monoisotopic (exact) mass is 417 g/mol. The Labute approximate surface area is 180 Å². The van der Waals surface area contributed by atoms with Crippen LogP contribution in [0.25, 0.3) is 28.5 Å². The van der Waals surface area contributed by atoms with Gasteiger partial charge in [0.1, 0.15) is 17.3 Å². The summed E-state index contributed by atoms with van der Waals surface area (Å²) in [6.07, 6.45) is 3.99. The van der Waals surface area contributed by atoms with Crippen molar-refractivity contribution >= 4 is 34.7 Å². The van der Waals surface area contributed by atoms with Gasteiger partial charge >= 0.3 is 0 Å². The van der Waals surface area contributed by atoms with Crippen molar-refractivity contribution in [2.75, 3.05) is 5.32 Å². The molecule has 2 aliphatic rings. The van der Waals surface area contributed by atoms with Crippen LogP contribution in [-0.2, 0) is 0 Å². The second-order valence-electron chi connectivity index (χ2n) is 8.36. The van der Waals surface area contributed by atoms with Crippen LogP contribution in [0.2, 0.25) is 5.02 Å². The molecule has 5 rings (SSSR count). The predicted molar refractivity (Wildman–Crippen MR) is 123 cm³/mol. The summed E-state index contributed by atoms with van der Waals surface area (Å²) in [6, 6.07) is 16.5. The molecule has 0 fully saturated rings. The van der Waals surface area contributed by atoms with E-state index in [0.29, 0.717) is 22.1 Å². The van der Waals surface area contributed by atoms with E-state index in [1.165, 1.54) is 6.07 Å². The lowest BCUT2D eigenvalue weighted by atomic mass is 9.83. The molecule has 3 aromatic carbocycles. The molecule has 2 aliphatic heterocycles. The first-order valence-electron chi connectivity index (χ1n) is 9.92. The van der Waals surface area contributed by atoms with Crippen molar-refractivity contribution in [3.63, 3.8) is 0 Å². The molecule has 150 valence electrons. The number of halogens is 2. The first kappa shape index (κ1) is 19.0. The summed E-state index contributed by atoms with van der Waals surface area (Å²) in [7, 11) is 0. The number of hydrogen-bond donors (Lipinski definition) is 1. The second kappa shape index (κ2) is 6.75. The Hall–Kier alpha value is -3.04. The average Bonchev–Trinajstić information content (AvgIpc) is 2.68. The van der Waals surface area contributed by atoms with Crippen LogP contribution in [0.4, 0.5) is 10.1 Å². The number of hydrogen-bond acceptors (Lipinski definition) is 2. The van der Waals surface area contributed by atoms with Crippen molar-refractivity contribution in [1.29, 1.82) is 0 Å². The van der Waals surface area contributed by atoms with Crippen molar-refractivity contribution in [1.82, 2.24) is 0 Å². The van der Waals surface area contributed by atoms with Crippen LogP contribution < -0.4 is 10.1 Å². The number of rotatable bonds is 1. The minimum Gasteiger partial charge on any atom is -0.456 e. The van der Waals surface area contributed by atoms with Crippen LogP contribution in [0.1, 0.15) is 37.5 Å². The zero-order valence-electron chi connectivity index (χ0n) is 17.0. The molecule has 3 aromatic rings. The number of nitrogens with one attached hydrogen (secondary N) is 1. The molecular weight excluding hydrogens is 397 g/mol. The molecule has 4 heteroatoms. The molecule has 0 aliphatic carbocycles. The van der Waals surface area contributed by atoms with Crippen LogP contribution in [0.5, 0.6) is 5.75 Å². The summed E-state index contributed by atoms with van der Waals surface area (Å²) in [5.74, 6) is 1.05. The van der Waals surface area contributed by atoms with Gasteiger partial charge in [-0.25, -0.2) is 4.39 Å². The van der Waals surface area contributed by atoms with Crippen LogP contribution in [0.15, 0.2) is 60.7 Å². The van der Waals surface area contributed by atoms with Gasteiger partial charge in [0.25, 0.3) is 0 Å². The molecule has 2 heterocycles. The molecule has 0 radical (unpaired) electrons. The lowest BCUT2D eigenvalue weighted by Gasteiger charge is -2.35.